The Kier molecular flexibility index (Phi) is 5.51. The smallest absolute Gasteiger partial charge is 0.232 e. The van der Waals surface area contributed by atoms with Crippen LogP contribution in [0, 0.1) is 0 Å². The standard InChI is InChI=1S/C14H22N6O/c1-4-7-15-12-17-13(16-8-5-2)19-14(18-12)20-9-11(10-20)21-6-3/h4-5,11H,1-2,6-10H2,3H3,(H2,15,16,17,18,19). The van der Waals surface area contributed by atoms with E-state index in [4.69, 9.17) is 4.74 Å². The summed E-state index contributed by atoms with van der Waals surface area (Å²) in [5.74, 6) is 1.72. The summed E-state index contributed by atoms with van der Waals surface area (Å²) in [7, 11) is 0. The van der Waals surface area contributed by atoms with Crippen LogP contribution in [0.15, 0.2) is 25.3 Å². The summed E-state index contributed by atoms with van der Waals surface area (Å²) in [5, 5.41) is 6.17. The molecule has 2 N–H and O–H groups in total. The molecule has 1 aromatic rings. The van der Waals surface area contributed by atoms with Crippen LogP contribution in [0.5, 0.6) is 0 Å². The lowest BCUT2D eigenvalue weighted by atomic mass is 10.2. The molecule has 1 aliphatic rings. The number of aromatic nitrogens is 3. The predicted molar refractivity (Wildman–Crippen MR) is 84.8 cm³/mol. The molecule has 0 spiro atoms. The molecule has 0 radical (unpaired) electrons. The summed E-state index contributed by atoms with van der Waals surface area (Å²) in [4.78, 5) is 15.2. The number of nitrogens with zero attached hydrogens (tertiary/aromatic N) is 4. The first-order valence-corrected chi connectivity index (χ1v) is 7.09. The maximum Gasteiger partial charge on any atom is 0.232 e. The van der Waals surface area contributed by atoms with Gasteiger partial charge in [-0.1, -0.05) is 12.2 Å². The molecule has 114 valence electrons. The van der Waals surface area contributed by atoms with E-state index in [-0.39, 0.29) is 6.10 Å². The van der Waals surface area contributed by atoms with E-state index in [0.717, 1.165) is 19.7 Å². The van der Waals surface area contributed by atoms with Gasteiger partial charge >= 0.3 is 0 Å². The molecule has 1 fully saturated rings. The van der Waals surface area contributed by atoms with Crippen molar-refractivity contribution in [1.29, 1.82) is 0 Å². The second-order valence-electron chi connectivity index (χ2n) is 4.60. The normalized spacial score (nSPS) is 14.4. The Hall–Kier alpha value is -2.15. The molecule has 7 nitrogen and oxygen atoms in total. The average molecular weight is 290 g/mol. The summed E-state index contributed by atoms with van der Waals surface area (Å²) in [5.41, 5.74) is 0. The quantitative estimate of drug-likeness (QED) is 0.664. The molecule has 1 aliphatic heterocycles. The number of rotatable bonds is 9. The van der Waals surface area contributed by atoms with Gasteiger partial charge in [0.1, 0.15) is 0 Å². The summed E-state index contributed by atoms with van der Waals surface area (Å²) >= 11 is 0. The molecule has 0 unspecified atom stereocenters. The molecular formula is C14H22N6O. The van der Waals surface area contributed by atoms with E-state index in [1.54, 1.807) is 12.2 Å². The third-order valence-electron chi connectivity index (χ3n) is 2.97. The highest BCUT2D eigenvalue weighted by Crippen LogP contribution is 2.20. The van der Waals surface area contributed by atoms with Crippen molar-refractivity contribution < 1.29 is 4.74 Å². The van der Waals surface area contributed by atoms with Gasteiger partial charge in [0, 0.05) is 32.8 Å². The lowest BCUT2D eigenvalue weighted by Crippen LogP contribution is -2.53. The largest absolute Gasteiger partial charge is 0.375 e. The van der Waals surface area contributed by atoms with Crippen LogP contribution in [-0.2, 0) is 4.74 Å². The van der Waals surface area contributed by atoms with Crippen molar-refractivity contribution in [2.75, 3.05) is 48.3 Å². The van der Waals surface area contributed by atoms with Crippen LogP contribution in [0.3, 0.4) is 0 Å². The second kappa shape index (κ2) is 7.58. The van der Waals surface area contributed by atoms with E-state index >= 15 is 0 Å². The van der Waals surface area contributed by atoms with Crippen molar-refractivity contribution in [3.8, 4) is 0 Å². The lowest BCUT2D eigenvalue weighted by molar-refractivity contribution is 0.0423. The number of hydrogen-bond donors (Lipinski definition) is 2. The minimum atomic E-state index is 0.265. The molecule has 1 saturated heterocycles. The molecule has 21 heavy (non-hydrogen) atoms. The fraction of sp³-hybridized carbons (Fsp3) is 0.500. The number of ether oxygens (including phenoxy) is 1. The van der Waals surface area contributed by atoms with Crippen molar-refractivity contribution in [2.24, 2.45) is 0 Å². The van der Waals surface area contributed by atoms with E-state index in [2.05, 4.69) is 43.6 Å². The van der Waals surface area contributed by atoms with Crippen molar-refractivity contribution in [1.82, 2.24) is 15.0 Å². The van der Waals surface area contributed by atoms with Gasteiger partial charge in [0.05, 0.1) is 6.10 Å². The third kappa shape index (κ3) is 4.16. The minimum absolute atomic E-state index is 0.265. The zero-order valence-electron chi connectivity index (χ0n) is 12.4. The third-order valence-corrected chi connectivity index (χ3v) is 2.97. The van der Waals surface area contributed by atoms with Crippen LogP contribution in [0.1, 0.15) is 6.92 Å². The van der Waals surface area contributed by atoms with Crippen LogP contribution in [-0.4, -0.2) is 53.8 Å². The fourth-order valence-electron chi connectivity index (χ4n) is 1.93. The van der Waals surface area contributed by atoms with Crippen molar-refractivity contribution >= 4 is 17.8 Å². The van der Waals surface area contributed by atoms with Gasteiger partial charge in [-0.25, -0.2) is 0 Å². The number of nitrogens with one attached hydrogen (secondary N) is 2. The van der Waals surface area contributed by atoms with Gasteiger partial charge in [0.2, 0.25) is 17.8 Å². The van der Waals surface area contributed by atoms with Crippen LogP contribution < -0.4 is 15.5 Å². The summed E-state index contributed by atoms with van der Waals surface area (Å²) < 4.78 is 5.55. The molecule has 2 heterocycles. The van der Waals surface area contributed by atoms with E-state index < -0.39 is 0 Å². The zero-order chi connectivity index (χ0) is 15.1. The Bertz CT molecular complexity index is 456. The molecule has 0 aliphatic carbocycles. The molecule has 0 amide bonds. The van der Waals surface area contributed by atoms with Gasteiger partial charge in [-0.3, -0.25) is 0 Å². The monoisotopic (exact) mass is 290 g/mol. The van der Waals surface area contributed by atoms with E-state index in [9.17, 15) is 0 Å². The molecule has 7 heteroatoms. The van der Waals surface area contributed by atoms with Crippen molar-refractivity contribution in [2.45, 2.75) is 13.0 Å². The maximum absolute atomic E-state index is 5.55. The predicted octanol–water partition coefficient (Wildman–Crippen LogP) is 1.29. The molecule has 0 atom stereocenters. The van der Waals surface area contributed by atoms with Crippen molar-refractivity contribution in [3.05, 3.63) is 25.3 Å². The first kappa shape index (κ1) is 15.2. The van der Waals surface area contributed by atoms with Crippen LogP contribution >= 0.6 is 0 Å². The Morgan fingerprint density at radius 3 is 2.19 bits per heavy atom. The average Bonchev–Trinajstić information content (AvgIpc) is 2.46. The first-order chi connectivity index (χ1) is 10.3. The van der Waals surface area contributed by atoms with Gasteiger partial charge in [0.15, 0.2) is 0 Å². The molecule has 0 aromatic carbocycles. The highest BCUT2D eigenvalue weighted by molar-refractivity contribution is 5.46. The van der Waals surface area contributed by atoms with Crippen LogP contribution in [0.4, 0.5) is 17.8 Å². The minimum Gasteiger partial charge on any atom is -0.375 e. The Labute approximate surface area is 125 Å². The van der Waals surface area contributed by atoms with Crippen LogP contribution in [0.25, 0.3) is 0 Å². The van der Waals surface area contributed by atoms with Gasteiger partial charge in [-0.15, -0.1) is 13.2 Å². The molecular weight excluding hydrogens is 268 g/mol. The summed E-state index contributed by atoms with van der Waals surface area (Å²) in [6, 6.07) is 0. The highest BCUT2D eigenvalue weighted by atomic mass is 16.5. The second-order valence-corrected chi connectivity index (χ2v) is 4.60. The summed E-state index contributed by atoms with van der Waals surface area (Å²) in [6.07, 6.45) is 3.78. The van der Waals surface area contributed by atoms with E-state index in [0.29, 0.717) is 30.9 Å². The van der Waals surface area contributed by atoms with Gasteiger partial charge in [-0.05, 0) is 6.92 Å². The fourth-order valence-corrected chi connectivity index (χ4v) is 1.93. The van der Waals surface area contributed by atoms with Gasteiger partial charge in [-0.2, -0.15) is 15.0 Å². The van der Waals surface area contributed by atoms with Crippen LogP contribution in [0.2, 0.25) is 0 Å². The number of anilines is 3. The molecule has 2 rings (SSSR count). The highest BCUT2D eigenvalue weighted by Gasteiger charge is 2.29. The van der Waals surface area contributed by atoms with E-state index in [1.165, 1.54) is 0 Å². The van der Waals surface area contributed by atoms with Gasteiger partial charge < -0.3 is 20.3 Å². The lowest BCUT2D eigenvalue weighted by Gasteiger charge is -2.38. The number of hydrogen-bond acceptors (Lipinski definition) is 7. The Morgan fingerprint density at radius 2 is 1.71 bits per heavy atom. The van der Waals surface area contributed by atoms with Crippen molar-refractivity contribution in [3.63, 3.8) is 0 Å². The Morgan fingerprint density at radius 1 is 1.14 bits per heavy atom. The first-order valence-electron chi connectivity index (χ1n) is 7.09. The van der Waals surface area contributed by atoms with Gasteiger partial charge in [0.25, 0.3) is 0 Å². The molecule has 0 bridgehead atoms. The zero-order valence-corrected chi connectivity index (χ0v) is 12.4. The SMILES string of the molecule is C=CCNc1nc(NCC=C)nc(N2CC(OCC)C2)n1. The molecule has 0 saturated carbocycles. The van der Waals surface area contributed by atoms with E-state index in [1.807, 2.05) is 6.92 Å². The maximum atomic E-state index is 5.55. The summed E-state index contributed by atoms with van der Waals surface area (Å²) in [6.45, 7) is 12.9. The Balaban J connectivity index is 2.07. The molecule has 1 aromatic heterocycles. The topological polar surface area (TPSA) is 75.2 Å².